The van der Waals surface area contributed by atoms with Gasteiger partial charge in [-0.2, -0.15) is 0 Å². The molecule has 3 heteroatoms. The van der Waals surface area contributed by atoms with Gasteiger partial charge in [0.2, 0.25) is 0 Å². The summed E-state index contributed by atoms with van der Waals surface area (Å²) in [5, 5.41) is 2.66. The molecule has 0 aliphatic carbocycles. The fourth-order valence-electron chi connectivity index (χ4n) is 0.648. The number of carbonyl (C=O) groups excluding carboxylic acids is 1. The highest BCUT2D eigenvalue weighted by Crippen LogP contribution is 2.22. The van der Waals surface area contributed by atoms with Crippen molar-refractivity contribution in [3.8, 4) is 5.06 Å². The zero-order valence-corrected chi connectivity index (χ0v) is 6.48. The number of carbonyl (C=O) groups is 1. The molecule has 0 aliphatic rings. The van der Waals surface area contributed by atoms with Gasteiger partial charge in [-0.1, -0.05) is 6.92 Å². The Morgan fingerprint density at radius 2 is 2.60 bits per heavy atom. The molecule has 0 N–H and O–H groups in total. The summed E-state index contributed by atoms with van der Waals surface area (Å²) in [6, 6.07) is 1.87. The first-order valence-electron chi connectivity index (χ1n) is 3.04. The average Bonchev–Trinajstić information content (AvgIpc) is 2.37. The van der Waals surface area contributed by atoms with Crippen molar-refractivity contribution in [2.45, 2.75) is 13.3 Å². The summed E-state index contributed by atoms with van der Waals surface area (Å²) in [5.41, 5.74) is 1.21. The Labute approximate surface area is 63.4 Å². The van der Waals surface area contributed by atoms with Crippen LogP contribution in [0.25, 0.3) is 0 Å². The first-order valence-corrected chi connectivity index (χ1v) is 3.92. The van der Waals surface area contributed by atoms with Crippen LogP contribution in [0.15, 0.2) is 11.4 Å². The van der Waals surface area contributed by atoms with Crippen molar-refractivity contribution < 1.29 is 9.53 Å². The first kappa shape index (κ1) is 7.28. The second-order valence-electron chi connectivity index (χ2n) is 1.84. The Kier molecular flexibility index (Phi) is 2.45. The Bertz CT molecular complexity index is 217. The SMILES string of the molecule is CCc1csc(OC=O)c1. The van der Waals surface area contributed by atoms with E-state index >= 15 is 0 Å². The molecule has 1 heterocycles. The van der Waals surface area contributed by atoms with Crippen LogP contribution in [0.5, 0.6) is 5.06 Å². The van der Waals surface area contributed by atoms with Gasteiger partial charge in [-0.25, -0.2) is 0 Å². The summed E-state index contributed by atoms with van der Waals surface area (Å²) in [6.07, 6.45) is 0.985. The van der Waals surface area contributed by atoms with Gasteiger partial charge in [-0.3, -0.25) is 4.79 Å². The molecule has 0 atom stereocenters. The van der Waals surface area contributed by atoms with E-state index in [4.69, 9.17) is 0 Å². The molecule has 0 unspecified atom stereocenters. The topological polar surface area (TPSA) is 26.3 Å². The highest BCUT2D eigenvalue weighted by atomic mass is 32.1. The van der Waals surface area contributed by atoms with Crippen molar-refractivity contribution in [2.75, 3.05) is 0 Å². The average molecular weight is 156 g/mol. The predicted molar refractivity (Wildman–Crippen MR) is 40.4 cm³/mol. The molecule has 1 aromatic rings. The molecule has 0 saturated carbocycles. The number of hydrogen-bond donors (Lipinski definition) is 0. The molecule has 0 amide bonds. The first-order chi connectivity index (χ1) is 4.86. The maximum atomic E-state index is 9.86. The molecule has 1 rings (SSSR count). The summed E-state index contributed by atoms with van der Waals surface area (Å²) >= 11 is 1.45. The second kappa shape index (κ2) is 3.37. The van der Waals surface area contributed by atoms with Gasteiger partial charge in [0.25, 0.3) is 6.47 Å². The lowest BCUT2D eigenvalue weighted by Crippen LogP contribution is -1.83. The summed E-state index contributed by atoms with van der Waals surface area (Å²) in [4.78, 5) is 9.86. The highest BCUT2D eigenvalue weighted by molar-refractivity contribution is 7.12. The van der Waals surface area contributed by atoms with Crippen molar-refractivity contribution in [1.29, 1.82) is 0 Å². The molecule has 2 nitrogen and oxygen atoms in total. The van der Waals surface area contributed by atoms with Gasteiger partial charge in [-0.15, -0.1) is 11.3 Å². The second-order valence-corrected chi connectivity index (χ2v) is 2.72. The molecule has 0 aliphatic heterocycles. The minimum absolute atomic E-state index is 0.450. The minimum Gasteiger partial charge on any atom is -0.418 e. The lowest BCUT2D eigenvalue weighted by molar-refractivity contribution is -0.120. The lowest BCUT2D eigenvalue weighted by atomic mass is 10.3. The maximum Gasteiger partial charge on any atom is 0.299 e. The van der Waals surface area contributed by atoms with E-state index in [-0.39, 0.29) is 0 Å². The van der Waals surface area contributed by atoms with E-state index in [1.165, 1.54) is 16.9 Å². The molecular formula is C7H8O2S. The largest absolute Gasteiger partial charge is 0.418 e. The van der Waals surface area contributed by atoms with Gasteiger partial charge >= 0.3 is 0 Å². The molecule has 0 aromatic carbocycles. The van der Waals surface area contributed by atoms with E-state index in [0.717, 1.165) is 6.42 Å². The molecule has 10 heavy (non-hydrogen) atoms. The summed E-state index contributed by atoms with van der Waals surface area (Å²) < 4.78 is 4.63. The number of rotatable bonds is 3. The van der Waals surface area contributed by atoms with Gasteiger partial charge < -0.3 is 4.74 Å². The maximum absolute atomic E-state index is 9.86. The van der Waals surface area contributed by atoms with Crippen LogP contribution in [0, 0.1) is 0 Å². The summed E-state index contributed by atoms with van der Waals surface area (Å²) in [5.74, 6) is 0. The smallest absolute Gasteiger partial charge is 0.299 e. The van der Waals surface area contributed by atoms with E-state index < -0.39 is 0 Å². The number of ether oxygens (including phenoxy) is 1. The van der Waals surface area contributed by atoms with Crippen LogP contribution in [0.4, 0.5) is 0 Å². The summed E-state index contributed by atoms with van der Waals surface area (Å²) in [6.45, 7) is 2.51. The lowest BCUT2D eigenvalue weighted by Gasteiger charge is -1.86. The van der Waals surface area contributed by atoms with Gasteiger partial charge in [0, 0.05) is 0 Å². The van der Waals surface area contributed by atoms with Crippen LogP contribution >= 0.6 is 11.3 Å². The van der Waals surface area contributed by atoms with Crippen molar-refractivity contribution in [3.05, 3.63) is 17.0 Å². The fraction of sp³-hybridized carbons (Fsp3) is 0.286. The van der Waals surface area contributed by atoms with E-state index in [1.807, 2.05) is 11.4 Å². The third-order valence-electron chi connectivity index (χ3n) is 1.20. The molecule has 0 radical (unpaired) electrons. The Morgan fingerprint density at radius 3 is 3.10 bits per heavy atom. The van der Waals surface area contributed by atoms with Gasteiger partial charge in [0.15, 0.2) is 5.06 Å². The van der Waals surface area contributed by atoms with E-state index in [2.05, 4.69) is 11.7 Å². The third-order valence-corrected chi connectivity index (χ3v) is 2.07. The van der Waals surface area contributed by atoms with Crippen LogP contribution < -0.4 is 4.74 Å². The summed E-state index contributed by atoms with van der Waals surface area (Å²) in [7, 11) is 0. The van der Waals surface area contributed by atoms with Crippen LogP contribution in [0.3, 0.4) is 0 Å². The fourth-order valence-corrected chi connectivity index (χ4v) is 1.46. The van der Waals surface area contributed by atoms with Crippen LogP contribution in [-0.4, -0.2) is 6.47 Å². The minimum atomic E-state index is 0.450. The predicted octanol–water partition coefficient (Wildman–Crippen LogP) is 1.85. The Hall–Kier alpha value is -0.830. The van der Waals surface area contributed by atoms with Crippen LogP contribution in [-0.2, 0) is 11.2 Å². The molecule has 0 spiro atoms. The quantitative estimate of drug-likeness (QED) is 0.624. The van der Waals surface area contributed by atoms with E-state index in [1.54, 1.807) is 0 Å². The number of thiophene rings is 1. The van der Waals surface area contributed by atoms with Crippen molar-refractivity contribution in [1.82, 2.24) is 0 Å². The van der Waals surface area contributed by atoms with E-state index in [0.29, 0.717) is 11.5 Å². The Morgan fingerprint density at radius 1 is 1.80 bits per heavy atom. The van der Waals surface area contributed by atoms with Crippen molar-refractivity contribution >= 4 is 17.8 Å². The van der Waals surface area contributed by atoms with Crippen LogP contribution in [0.2, 0.25) is 0 Å². The molecule has 0 saturated heterocycles. The zero-order valence-electron chi connectivity index (χ0n) is 5.66. The normalized spacial score (nSPS) is 9.30. The van der Waals surface area contributed by atoms with Gasteiger partial charge in [0.05, 0.1) is 0 Å². The van der Waals surface area contributed by atoms with Gasteiger partial charge in [-0.05, 0) is 23.4 Å². The molecule has 1 aromatic heterocycles. The Balaban J connectivity index is 2.67. The standard InChI is InChI=1S/C7H8O2S/c1-2-6-3-7(9-5-8)10-4-6/h3-5H,2H2,1H3. The molecular weight excluding hydrogens is 148 g/mol. The van der Waals surface area contributed by atoms with Gasteiger partial charge in [0.1, 0.15) is 0 Å². The van der Waals surface area contributed by atoms with E-state index in [9.17, 15) is 4.79 Å². The highest BCUT2D eigenvalue weighted by Gasteiger charge is 1.96. The zero-order chi connectivity index (χ0) is 7.40. The van der Waals surface area contributed by atoms with Crippen LogP contribution in [0.1, 0.15) is 12.5 Å². The van der Waals surface area contributed by atoms with Crippen molar-refractivity contribution in [2.24, 2.45) is 0 Å². The number of aryl methyl sites for hydroxylation is 1. The third kappa shape index (κ3) is 1.57. The number of hydrogen-bond acceptors (Lipinski definition) is 3. The van der Waals surface area contributed by atoms with Crippen molar-refractivity contribution in [3.63, 3.8) is 0 Å². The molecule has 54 valence electrons. The molecule has 0 bridgehead atoms. The monoisotopic (exact) mass is 156 g/mol. The molecule has 0 fully saturated rings.